The molecular formula is C11H19N3O2S. The minimum atomic E-state index is -0.576. The Morgan fingerprint density at radius 1 is 1.59 bits per heavy atom. The number of rotatable bonds is 4. The van der Waals surface area contributed by atoms with Gasteiger partial charge in [-0.05, 0) is 31.8 Å². The molecule has 0 aromatic heterocycles. The Hall–Kier alpha value is -1.04. The average Bonchev–Trinajstić information content (AvgIpc) is 2.58. The first-order valence-corrected chi connectivity index (χ1v) is 6.55. The lowest BCUT2D eigenvalue weighted by Crippen LogP contribution is -2.23. The number of unbranched alkanes of at least 4 members (excludes halogenated alkanes) is 1. The predicted octanol–water partition coefficient (Wildman–Crippen LogP) is 2.77. The van der Waals surface area contributed by atoms with Crippen LogP contribution in [0.25, 0.3) is 0 Å². The van der Waals surface area contributed by atoms with E-state index in [2.05, 4.69) is 41.1 Å². The maximum atomic E-state index is 10.9. The second-order valence-electron chi connectivity index (χ2n) is 4.28. The third-order valence-electron chi connectivity index (χ3n) is 2.45. The van der Waals surface area contributed by atoms with E-state index in [4.69, 9.17) is 0 Å². The van der Waals surface area contributed by atoms with Crippen LogP contribution in [0.5, 0.6) is 0 Å². The van der Waals surface area contributed by atoms with Gasteiger partial charge in [0, 0.05) is 12.8 Å². The van der Waals surface area contributed by atoms with Gasteiger partial charge in [-0.15, -0.1) is 0 Å². The van der Waals surface area contributed by atoms with E-state index in [9.17, 15) is 4.79 Å². The molecule has 17 heavy (non-hydrogen) atoms. The summed E-state index contributed by atoms with van der Waals surface area (Å²) in [5.41, 5.74) is 1.11. The molecule has 0 saturated heterocycles. The van der Waals surface area contributed by atoms with Crippen LogP contribution in [0.1, 0.15) is 40.0 Å². The molecule has 0 aromatic carbocycles. The van der Waals surface area contributed by atoms with Crippen molar-refractivity contribution >= 4 is 28.7 Å². The second kappa shape index (κ2) is 6.05. The number of nitrogens with zero attached hydrogens (tertiary/aromatic N) is 2. The van der Waals surface area contributed by atoms with Gasteiger partial charge in [-0.25, -0.2) is 9.79 Å². The molecule has 5 nitrogen and oxygen atoms in total. The largest absolute Gasteiger partial charge is 0.433 e. The molecule has 1 N–H and O–H groups in total. The summed E-state index contributed by atoms with van der Waals surface area (Å²) in [6, 6.07) is 0. The maximum absolute atomic E-state index is 10.9. The Balaban J connectivity index is 2.66. The van der Waals surface area contributed by atoms with E-state index in [-0.39, 0.29) is 4.75 Å². The van der Waals surface area contributed by atoms with Crippen LogP contribution in [0.2, 0.25) is 0 Å². The fraction of sp³-hybridized carbons (Fsp3) is 0.727. The quantitative estimate of drug-likeness (QED) is 0.622. The Morgan fingerprint density at radius 3 is 2.88 bits per heavy atom. The third kappa shape index (κ3) is 4.03. The Bertz CT molecular complexity index is 351. The van der Waals surface area contributed by atoms with Gasteiger partial charge in [0.05, 0.1) is 4.75 Å². The summed E-state index contributed by atoms with van der Waals surface area (Å²) in [6.07, 6.45) is 2.65. The highest BCUT2D eigenvalue weighted by Gasteiger charge is 2.34. The van der Waals surface area contributed by atoms with Gasteiger partial charge in [0.25, 0.3) is 0 Å². The van der Waals surface area contributed by atoms with E-state index < -0.39 is 6.09 Å². The number of hydrogen-bond donors (Lipinski definition) is 1. The van der Waals surface area contributed by atoms with Crippen molar-refractivity contribution in [3.05, 3.63) is 0 Å². The van der Waals surface area contributed by atoms with Crippen molar-refractivity contribution in [1.29, 1.82) is 0 Å². The van der Waals surface area contributed by atoms with Gasteiger partial charge in [0.1, 0.15) is 0 Å². The van der Waals surface area contributed by atoms with Crippen LogP contribution in [-0.4, -0.2) is 28.8 Å². The van der Waals surface area contributed by atoms with Crippen LogP contribution >= 0.6 is 11.8 Å². The molecule has 1 aliphatic rings. The van der Waals surface area contributed by atoms with Crippen LogP contribution in [-0.2, 0) is 4.84 Å². The molecular weight excluding hydrogens is 238 g/mol. The van der Waals surface area contributed by atoms with Crippen molar-refractivity contribution in [3.8, 4) is 0 Å². The molecule has 1 amide bonds. The number of nitrogens with one attached hydrogen (secondary N) is 1. The maximum Gasteiger partial charge on any atom is 0.433 e. The lowest BCUT2D eigenvalue weighted by molar-refractivity contribution is 0.153. The summed E-state index contributed by atoms with van der Waals surface area (Å²) < 4.78 is -0.0555. The molecule has 0 fully saturated rings. The SMILES string of the molecule is CCCCC1=NC(=NOC(=O)NC)SC1(C)C. The second-order valence-corrected chi connectivity index (χ2v) is 5.87. The summed E-state index contributed by atoms with van der Waals surface area (Å²) in [5.74, 6) is 0. The van der Waals surface area contributed by atoms with Crippen molar-refractivity contribution in [2.45, 2.75) is 44.8 Å². The van der Waals surface area contributed by atoms with Gasteiger partial charge in [0.15, 0.2) is 0 Å². The molecule has 1 heterocycles. The molecule has 96 valence electrons. The molecule has 0 unspecified atom stereocenters. The van der Waals surface area contributed by atoms with Crippen molar-refractivity contribution in [2.24, 2.45) is 10.1 Å². The van der Waals surface area contributed by atoms with E-state index in [1.165, 1.54) is 18.8 Å². The van der Waals surface area contributed by atoms with Crippen LogP contribution < -0.4 is 5.32 Å². The molecule has 0 radical (unpaired) electrons. The minimum absolute atomic E-state index is 0.0555. The number of oxime groups is 1. The van der Waals surface area contributed by atoms with E-state index in [1.54, 1.807) is 0 Å². The first kappa shape index (κ1) is 14.0. The highest BCUT2D eigenvalue weighted by Crippen LogP contribution is 2.36. The smallest absolute Gasteiger partial charge is 0.323 e. The first-order valence-electron chi connectivity index (χ1n) is 5.73. The molecule has 0 bridgehead atoms. The van der Waals surface area contributed by atoms with Crippen molar-refractivity contribution < 1.29 is 9.63 Å². The molecule has 6 heteroatoms. The lowest BCUT2D eigenvalue weighted by atomic mass is 10.0. The number of aliphatic imine (C=N–C) groups is 1. The number of amides is 1. The summed E-state index contributed by atoms with van der Waals surface area (Å²) in [5, 5.41) is 6.58. The lowest BCUT2D eigenvalue weighted by Gasteiger charge is -2.17. The molecule has 1 aliphatic heterocycles. The minimum Gasteiger partial charge on any atom is -0.323 e. The molecule has 0 spiro atoms. The molecule has 0 aromatic rings. The zero-order valence-electron chi connectivity index (χ0n) is 10.7. The van der Waals surface area contributed by atoms with Crippen molar-refractivity contribution in [2.75, 3.05) is 7.05 Å². The zero-order valence-corrected chi connectivity index (χ0v) is 11.6. The van der Waals surface area contributed by atoms with Crippen LogP contribution in [0.15, 0.2) is 10.1 Å². The fourth-order valence-electron chi connectivity index (χ4n) is 1.43. The first-order chi connectivity index (χ1) is 7.99. The van der Waals surface area contributed by atoms with Gasteiger partial charge in [0.2, 0.25) is 5.17 Å². The number of hydrogen-bond acceptors (Lipinski definition) is 4. The van der Waals surface area contributed by atoms with E-state index in [0.29, 0.717) is 5.17 Å². The topological polar surface area (TPSA) is 63.1 Å². The summed E-state index contributed by atoms with van der Waals surface area (Å²) in [7, 11) is 1.49. The van der Waals surface area contributed by atoms with Crippen LogP contribution in [0.3, 0.4) is 0 Å². The summed E-state index contributed by atoms with van der Waals surface area (Å²) >= 11 is 1.52. The van der Waals surface area contributed by atoms with Crippen molar-refractivity contribution in [3.63, 3.8) is 0 Å². The molecule has 0 saturated carbocycles. The third-order valence-corrected chi connectivity index (χ3v) is 3.54. The monoisotopic (exact) mass is 257 g/mol. The number of thioether (sulfide) groups is 1. The Morgan fingerprint density at radius 2 is 2.29 bits per heavy atom. The van der Waals surface area contributed by atoms with Gasteiger partial charge in [-0.3, -0.25) is 4.84 Å². The average molecular weight is 257 g/mol. The Labute approximate surface area is 106 Å². The molecule has 1 rings (SSSR count). The summed E-state index contributed by atoms with van der Waals surface area (Å²) in [6.45, 7) is 6.36. The van der Waals surface area contributed by atoms with E-state index in [1.807, 2.05) is 0 Å². The molecule has 0 atom stereocenters. The van der Waals surface area contributed by atoms with Gasteiger partial charge in [-0.1, -0.05) is 25.1 Å². The molecule has 0 aliphatic carbocycles. The highest BCUT2D eigenvalue weighted by atomic mass is 32.2. The van der Waals surface area contributed by atoms with Crippen molar-refractivity contribution in [1.82, 2.24) is 5.32 Å². The normalized spacial score (nSPS) is 20.2. The van der Waals surface area contributed by atoms with Gasteiger partial charge < -0.3 is 5.32 Å². The number of amidine groups is 1. The highest BCUT2D eigenvalue weighted by molar-refractivity contribution is 8.16. The standard InChI is InChI=1S/C11H19N3O2S/c1-5-6-7-8-11(2,3)17-9(13-8)14-16-10(15)12-4/h5-7H2,1-4H3,(H,12,15). The van der Waals surface area contributed by atoms with Crippen LogP contribution in [0.4, 0.5) is 4.79 Å². The number of carbonyl (C=O) groups excluding carboxylic acids is 1. The summed E-state index contributed by atoms with van der Waals surface area (Å²) in [4.78, 5) is 19.9. The fourth-order valence-corrected chi connectivity index (χ4v) is 2.38. The number of carbonyl (C=O) groups is 1. The van der Waals surface area contributed by atoms with Gasteiger partial charge in [-0.2, -0.15) is 0 Å². The van der Waals surface area contributed by atoms with E-state index in [0.717, 1.165) is 25.0 Å². The van der Waals surface area contributed by atoms with Gasteiger partial charge >= 0.3 is 6.09 Å². The predicted molar refractivity (Wildman–Crippen MR) is 71.6 cm³/mol. The van der Waals surface area contributed by atoms with Crippen LogP contribution in [0, 0.1) is 0 Å². The van der Waals surface area contributed by atoms with E-state index >= 15 is 0 Å². The Kier molecular flexibility index (Phi) is 4.99. The zero-order chi connectivity index (χ0) is 12.9.